The number of carbonyl (C=O) groups is 4. The fourth-order valence-electron chi connectivity index (χ4n) is 9.14. The van der Waals surface area contributed by atoms with E-state index in [2.05, 4.69) is 45.2 Å². The van der Waals surface area contributed by atoms with E-state index in [0.29, 0.717) is 23.7 Å². The van der Waals surface area contributed by atoms with Gasteiger partial charge in [0.1, 0.15) is 12.1 Å². The number of amides is 4. The summed E-state index contributed by atoms with van der Waals surface area (Å²) in [6, 6.07) is 7.01. The molecule has 4 aromatic rings. The number of nitrogens with zero attached hydrogens (tertiary/aromatic N) is 6. The van der Waals surface area contributed by atoms with Crippen LogP contribution in [0.25, 0.3) is 33.4 Å². The molecule has 6 heterocycles. The summed E-state index contributed by atoms with van der Waals surface area (Å²) in [4.78, 5) is 69.0. The summed E-state index contributed by atoms with van der Waals surface area (Å²) in [5.41, 5.74) is 6.09. The summed E-state index contributed by atoms with van der Waals surface area (Å²) in [5.74, 6) is -2.55. The second-order valence-electron chi connectivity index (χ2n) is 18.6. The summed E-state index contributed by atoms with van der Waals surface area (Å²) in [6.07, 6.45) is 3.18. The molecule has 0 radical (unpaired) electrons. The Morgan fingerprint density at radius 1 is 1.17 bits per heavy atom. The molecule has 2 fully saturated rings. The number of sulfonamides is 1. The van der Waals surface area contributed by atoms with Crippen molar-refractivity contribution in [2.24, 2.45) is 11.3 Å². The number of urea groups is 1. The van der Waals surface area contributed by atoms with Crippen molar-refractivity contribution in [2.75, 3.05) is 46.7 Å². The standard InChI is InChI=1S/C45H61N9O9S2/c1-10-53-35-15-14-28-19-31(35)32(39(53)30-13-11-17-46-37(30)27(4)62-8)21-44(5,6)25-63-42(57)45(59)16-12-18-54(50-45)41(56)33(20-36-47-34(28)24-64-36)48-40(55)38(26(2)3)51(7)43(58)52-22-29(23-52)49-65(9,60)61/h11,13-15,17,19,24,26-27,29,33,38,49-50,59H,10,12,16,18,20-23,25H2,1-9H3,(H,48,55)/t27-,33-,38-,45-/m0/s1. The van der Waals surface area contributed by atoms with E-state index in [-0.39, 0.29) is 51.6 Å². The van der Waals surface area contributed by atoms with Crippen LogP contribution < -0.4 is 15.5 Å². The minimum absolute atomic E-state index is 0.0271. The number of methoxy groups -OCH3 is 1. The molecular weight excluding hydrogens is 875 g/mol. The van der Waals surface area contributed by atoms with Crippen LogP contribution in [0, 0.1) is 11.3 Å². The van der Waals surface area contributed by atoms with Gasteiger partial charge in [-0.1, -0.05) is 33.8 Å². The number of carbonyl (C=O) groups excluding carboxylic acids is 4. The summed E-state index contributed by atoms with van der Waals surface area (Å²) in [7, 11) is -0.317. The number of pyridine rings is 1. The summed E-state index contributed by atoms with van der Waals surface area (Å²) >= 11 is 1.34. The number of nitrogens with one attached hydrogen (secondary N) is 3. The largest absolute Gasteiger partial charge is 0.462 e. The maximum Gasteiger partial charge on any atom is 0.355 e. The van der Waals surface area contributed by atoms with Gasteiger partial charge in [-0.2, -0.15) is 5.43 Å². The van der Waals surface area contributed by atoms with E-state index in [1.807, 2.05) is 38.3 Å². The normalized spacial score (nSPS) is 21.7. The Balaban J connectivity index is 1.27. The van der Waals surface area contributed by atoms with Gasteiger partial charge in [0, 0.05) is 92.2 Å². The first-order chi connectivity index (χ1) is 30.6. The first-order valence-corrected chi connectivity index (χ1v) is 24.8. The van der Waals surface area contributed by atoms with Crippen LogP contribution in [0.1, 0.15) is 76.8 Å². The SMILES string of the molecule is CCn1c(-c2cccnc2[C@H](C)OC)c2c3cc(ccc31)-c1csc(n1)C[C@H](NC(=O)[C@H](C(C)C)N(C)C(=O)N1CC(NS(C)(=O)=O)C1)C(=O)N1CCC[C@@](O)(N1)C(=O)OCC(C)(C)C2. The van der Waals surface area contributed by atoms with Crippen molar-refractivity contribution in [3.63, 3.8) is 0 Å². The number of fused-ring (bicyclic) bond motifs is 6. The monoisotopic (exact) mass is 935 g/mol. The molecule has 0 saturated carbocycles. The van der Waals surface area contributed by atoms with Crippen molar-refractivity contribution in [1.82, 2.24) is 44.8 Å². The Morgan fingerprint density at radius 3 is 2.58 bits per heavy atom. The predicted octanol–water partition coefficient (Wildman–Crippen LogP) is 3.83. The van der Waals surface area contributed by atoms with E-state index in [4.69, 9.17) is 19.4 Å². The van der Waals surface area contributed by atoms with E-state index < -0.39 is 69.0 Å². The molecule has 7 rings (SSSR count). The van der Waals surface area contributed by atoms with E-state index in [1.54, 1.807) is 27.2 Å². The van der Waals surface area contributed by atoms with Crippen molar-refractivity contribution in [1.29, 1.82) is 0 Å². The number of likely N-dealkylation sites (N-methyl/N-ethyl adjacent to an activating group) is 1. The highest BCUT2D eigenvalue weighted by Gasteiger charge is 2.46. The van der Waals surface area contributed by atoms with Crippen LogP contribution in [0.4, 0.5) is 4.79 Å². The lowest BCUT2D eigenvalue weighted by Crippen LogP contribution is -2.68. The van der Waals surface area contributed by atoms with E-state index in [9.17, 15) is 32.7 Å². The highest BCUT2D eigenvalue weighted by Crippen LogP contribution is 2.42. The number of ether oxygens (including phenoxy) is 2. The lowest BCUT2D eigenvalue weighted by molar-refractivity contribution is -0.189. The summed E-state index contributed by atoms with van der Waals surface area (Å²) in [5, 5.41) is 19.3. The lowest BCUT2D eigenvalue weighted by atomic mass is 9.84. The molecule has 65 heavy (non-hydrogen) atoms. The molecule has 0 unspecified atom stereocenters. The van der Waals surface area contributed by atoms with E-state index in [1.165, 1.54) is 28.2 Å². The average molecular weight is 936 g/mol. The van der Waals surface area contributed by atoms with Crippen LogP contribution in [-0.4, -0.2) is 137 Å². The zero-order chi connectivity index (χ0) is 47.2. The number of rotatable bonds is 10. The Kier molecular flexibility index (Phi) is 13.8. The maximum atomic E-state index is 14.6. The average Bonchev–Trinajstić information content (AvgIpc) is 3.83. The summed E-state index contributed by atoms with van der Waals surface area (Å²) in [6.45, 7) is 12.6. The smallest absolute Gasteiger partial charge is 0.355 e. The molecule has 3 aliphatic rings. The molecular formula is C45H61N9O9S2. The quantitative estimate of drug-likeness (QED) is 0.167. The Bertz CT molecular complexity index is 2570. The molecule has 3 aliphatic heterocycles. The number of aliphatic hydroxyl groups is 1. The maximum absolute atomic E-state index is 14.6. The molecule has 352 valence electrons. The first-order valence-electron chi connectivity index (χ1n) is 22.0. The van der Waals surface area contributed by atoms with Crippen LogP contribution in [0.5, 0.6) is 0 Å². The Hall–Kier alpha value is -4.99. The lowest BCUT2D eigenvalue weighted by Gasteiger charge is -2.43. The number of esters is 1. The molecule has 20 heteroatoms. The van der Waals surface area contributed by atoms with Crippen molar-refractivity contribution < 1.29 is 42.2 Å². The number of hydrogen-bond acceptors (Lipinski definition) is 13. The van der Waals surface area contributed by atoms with Crippen LogP contribution in [0.3, 0.4) is 0 Å². The third-order valence-electron chi connectivity index (χ3n) is 12.4. The van der Waals surface area contributed by atoms with Gasteiger partial charge in [-0.25, -0.2) is 27.7 Å². The molecule has 6 bridgehead atoms. The molecule has 4 N–H and O–H groups in total. The van der Waals surface area contributed by atoms with E-state index in [0.717, 1.165) is 50.2 Å². The number of hydrazine groups is 1. The zero-order valence-corrected chi connectivity index (χ0v) is 40.1. The van der Waals surface area contributed by atoms with Crippen LogP contribution >= 0.6 is 11.3 Å². The molecule has 4 amide bonds. The predicted molar refractivity (Wildman–Crippen MR) is 246 cm³/mol. The molecule has 18 nitrogen and oxygen atoms in total. The van der Waals surface area contributed by atoms with Crippen LogP contribution in [0.15, 0.2) is 41.9 Å². The van der Waals surface area contributed by atoms with Crippen LogP contribution in [-0.2, 0) is 53.3 Å². The Labute approximate surface area is 384 Å². The molecule has 0 spiro atoms. The number of aryl methyl sites for hydroxylation is 1. The number of aromatic nitrogens is 3. The van der Waals surface area contributed by atoms with Gasteiger partial charge >= 0.3 is 12.0 Å². The number of thiazole rings is 1. The van der Waals surface area contributed by atoms with Gasteiger partial charge in [-0.15, -0.1) is 11.3 Å². The van der Waals surface area contributed by atoms with Crippen LogP contribution in [0.2, 0.25) is 0 Å². The molecule has 4 atom stereocenters. The van der Waals surface area contributed by atoms with Gasteiger partial charge in [-0.05, 0) is 62.4 Å². The first kappa shape index (κ1) is 48.0. The second-order valence-corrected chi connectivity index (χ2v) is 21.3. The van der Waals surface area contributed by atoms with Crippen molar-refractivity contribution in [3.8, 4) is 22.5 Å². The van der Waals surface area contributed by atoms with Gasteiger partial charge in [0.25, 0.3) is 5.91 Å². The van der Waals surface area contributed by atoms with Gasteiger partial charge in [0.2, 0.25) is 21.7 Å². The highest BCUT2D eigenvalue weighted by atomic mass is 32.2. The Morgan fingerprint density at radius 2 is 1.91 bits per heavy atom. The minimum Gasteiger partial charge on any atom is -0.462 e. The van der Waals surface area contributed by atoms with Gasteiger partial charge < -0.3 is 34.3 Å². The van der Waals surface area contributed by atoms with Crippen molar-refractivity contribution in [2.45, 2.75) is 104 Å². The van der Waals surface area contributed by atoms with Gasteiger partial charge in [0.05, 0.1) is 47.1 Å². The van der Waals surface area contributed by atoms with Crippen molar-refractivity contribution >= 4 is 56.1 Å². The number of benzene rings is 1. The fourth-order valence-corrected chi connectivity index (χ4v) is 10.7. The second kappa shape index (κ2) is 18.7. The van der Waals surface area contributed by atoms with Gasteiger partial charge in [0.15, 0.2) is 0 Å². The molecule has 2 saturated heterocycles. The van der Waals surface area contributed by atoms with E-state index >= 15 is 0 Å². The number of hydrogen-bond donors (Lipinski definition) is 4. The molecule has 0 aliphatic carbocycles. The topological polar surface area (TPSA) is 218 Å². The molecule has 3 aromatic heterocycles. The number of cyclic esters (lactones) is 1. The fraction of sp³-hybridized carbons (Fsp3) is 0.556. The highest BCUT2D eigenvalue weighted by molar-refractivity contribution is 7.88. The summed E-state index contributed by atoms with van der Waals surface area (Å²) < 4.78 is 39.9. The zero-order valence-electron chi connectivity index (χ0n) is 38.5. The third kappa shape index (κ3) is 10.1. The molecule has 1 aromatic carbocycles. The third-order valence-corrected chi connectivity index (χ3v) is 14.0. The van der Waals surface area contributed by atoms with Crippen molar-refractivity contribution in [3.05, 3.63) is 58.2 Å². The number of likely N-dealkylation sites (tertiary alicyclic amines) is 1. The van der Waals surface area contributed by atoms with Gasteiger partial charge in [-0.3, -0.25) is 19.6 Å². The minimum atomic E-state index is -3.47.